The first-order valence-electron chi connectivity index (χ1n) is 7.44. The molecule has 0 fully saturated rings. The summed E-state index contributed by atoms with van der Waals surface area (Å²) in [7, 11) is 4.74. The highest BCUT2D eigenvalue weighted by Gasteiger charge is 2.24. The van der Waals surface area contributed by atoms with E-state index in [1.807, 2.05) is 12.1 Å². The third kappa shape index (κ3) is 2.93. The van der Waals surface area contributed by atoms with Crippen LogP contribution in [0.1, 0.15) is 15.9 Å². The number of fused-ring (bicyclic) bond motifs is 1. The van der Waals surface area contributed by atoms with Crippen molar-refractivity contribution in [2.45, 2.75) is 0 Å². The monoisotopic (exact) mass is 326 g/mol. The molecule has 1 aliphatic rings. The van der Waals surface area contributed by atoms with Gasteiger partial charge >= 0.3 is 0 Å². The van der Waals surface area contributed by atoms with Gasteiger partial charge in [-0.3, -0.25) is 4.79 Å². The molecule has 0 aromatic heterocycles. The van der Waals surface area contributed by atoms with Gasteiger partial charge in [-0.05, 0) is 36.4 Å². The first-order valence-corrected chi connectivity index (χ1v) is 7.44. The second-order valence-electron chi connectivity index (χ2n) is 5.26. The summed E-state index contributed by atoms with van der Waals surface area (Å²) >= 11 is 0. The van der Waals surface area contributed by atoms with Crippen LogP contribution in [0.15, 0.2) is 42.0 Å². The Labute approximate surface area is 140 Å². The molecule has 2 aromatic carbocycles. The van der Waals surface area contributed by atoms with Gasteiger partial charge in [-0.1, -0.05) is 0 Å². The van der Waals surface area contributed by atoms with Crippen LogP contribution in [0.2, 0.25) is 0 Å². The topological polar surface area (TPSA) is 54.0 Å². The van der Waals surface area contributed by atoms with Crippen molar-refractivity contribution >= 4 is 11.9 Å². The maximum Gasteiger partial charge on any atom is 0.196 e. The lowest BCUT2D eigenvalue weighted by atomic mass is 9.98. The van der Waals surface area contributed by atoms with Gasteiger partial charge in [-0.15, -0.1) is 0 Å². The maximum absolute atomic E-state index is 12.7. The molecule has 5 heteroatoms. The predicted molar refractivity (Wildman–Crippen MR) is 90.3 cm³/mol. The largest absolute Gasteiger partial charge is 0.497 e. The first-order chi connectivity index (χ1) is 11.7. The molecule has 1 heterocycles. The Morgan fingerprint density at radius 1 is 0.958 bits per heavy atom. The van der Waals surface area contributed by atoms with Crippen LogP contribution in [-0.2, 0) is 0 Å². The first kappa shape index (κ1) is 15.9. The van der Waals surface area contributed by atoms with E-state index in [-0.39, 0.29) is 12.4 Å². The predicted octanol–water partition coefficient (Wildman–Crippen LogP) is 3.37. The minimum atomic E-state index is -0.0759. The summed E-state index contributed by atoms with van der Waals surface area (Å²) in [6, 6.07) is 10.6. The molecule has 0 N–H and O–H groups in total. The fourth-order valence-electron chi connectivity index (χ4n) is 2.57. The normalized spacial score (nSPS) is 14.8. The number of benzene rings is 2. The molecule has 0 amide bonds. The van der Waals surface area contributed by atoms with Crippen molar-refractivity contribution < 1.29 is 23.7 Å². The van der Waals surface area contributed by atoms with E-state index < -0.39 is 0 Å². The van der Waals surface area contributed by atoms with E-state index >= 15 is 0 Å². The Kier molecular flexibility index (Phi) is 4.42. The maximum atomic E-state index is 12.7. The summed E-state index contributed by atoms with van der Waals surface area (Å²) in [6.45, 7) is 0.216. The van der Waals surface area contributed by atoms with Crippen LogP contribution in [0.4, 0.5) is 0 Å². The summed E-state index contributed by atoms with van der Waals surface area (Å²) in [4.78, 5) is 12.7. The lowest BCUT2D eigenvalue weighted by Gasteiger charge is -2.19. The van der Waals surface area contributed by atoms with Gasteiger partial charge in [0.15, 0.2) is 5.78 Å². The Balaban J connectivity index is 1.98. The Morgan fingerprint density at radius 2 is 1.67 bits per heavy atom. The third-order valence-electron chi connectivity index (χ3n) is 3.88. The summed E-state index contributed by atoms with van der Waals surface area (Å²) < 4.78 is 21.4. The second-order valence-corrected chi connectivity index (χ2v) is 5.26. The highest BCUT2D eigenvalue weighted by atomic mass is 16.5. The highest BCUT2D eigenvalue weighted by Crippen LogP contribution is 2.33. The van der Waals surface area contributed by atoms with Crippen molar-refractivity contribution in [3.63, 3.8) is 0 Å². The van der Waals surface area contributed by atoms with Crippen molar-refractivity contribution in [2.24, 2.45) is 0 Å². The number of hydrogen-bond donors (Lipinski definition) is 0. The molecule has 2 aromatic rings. The number of Topliss-reactive ketones (excluding diaryl/α,β-unsaturated/α-hetero) is 1. The molecule has 124 valence electrons. The highest BCUT2D eigenvalue weighted by molar-refractivity contribution is 6.14. The molecule has 0 bridgehead atoms. The van der Waals surface area contributed by atoms with Gasteiger partial charge in [0.25, 0.3) is 0 Å². The number of ketones is 1. The van der Waals surface area contributed by atoms with E-state index in [0.717, 1.165) is 5.56 Å². The molecule has 0 saturated heterocycles. The molecule has 0 unspecified atom stereocenters. The van der Waals surface area contributed by atoms with Crippen molar-refractivity contribution in [1.82, 2.24) is 0 Å². The zero-order chi connectivity index (χ0) is 17.1. The zero-order valence-electron chi connectivity index (χ0n) is 13.8. The van der Waals surface area contributed by atoms with Gasteiger partial charge in [0.05, 0.1) is 26.9 Å². The van der Waals surface area contributed by atoms with Crippen LogP contribution in [-0.4, -0.2) is 33.7 Å². The number of carbonyl (C=O) groups excluding carboxylic acids is 1. The number of ether oxygens (including phenoxy) is 4. The van der Waals surface area contributed by atoms with Crippen LogP contribution in [0.25, 0.3) is 6.08 Å². The quantitative estimate of drug-likeness (QED) is 0.806. The fraction of sp³-hybridized carbons (Fsp3) is 0.211. The SMILES string of the molecule is COc1ccc(/C=C2\COc3ccc(OC)cc3C2=O)c(OC)c1. The molecule has 0 atom stereocenters. The molecular weight excluding hydrogens is 308 g/mol. The average molecular weight is 326 g/mol. The third-order valence-corrected chi connectivity index (χ3v) is 3.88. The van der Waals surface area contributed by atoms with Gasteiger partial charge in [0.2, 0.25) is 0 Å². The lowest BCUT2D eigenvalue weighted by molar-refractivity contribution is 0.100. The van der Waals surface area contributed by atoms with Crippen LogP contribution >= 0.6 is 0 Å². The summed E-state index contributed by atoms with van der Waals surface area (Å²) in [5.41, 5.74) is 1.84. The number of carbonyl (C=O) groups is 1. The van der Waals surface area contributed by atoms with Crippen LogP contribution in [0.3, 0.4) is 0 Å². The van der Waals surface area contributed by atoms with Crippen molar-refractivity contribution in [2.75, 3.05) is 27.9 Å². The molecule has 5 nitrogen and oxygen atoms in total. The van der Waals surface area contributed by atoms with E-state index in [1.165, 1.54) is 0 Å². The zero-order valence-corrected chi connectivity index (χ0v) is 13.8. The van der Waals surface area contributed by atoms with E-state index in [4.69, 9.17) is 18.9 Å². The van der Waals surface area contributed by atoms with Crippen molar-refractivity contribution in [3.8, 4) is 23.0 Å². The van der Waals surface area contributed by atoms with Gasteiger partial charge in [-0.2, -0.15) is 0 Å². The number of methoxy groups -OCH3 is 3. The van der Waals surface area contributed by atoms with E-state index in [1.54, 1.807) is 51.7 Å². The lowest BCUT2D eigenvalue weighted by Crippen LogP contribution is -2.19. The van der Waals surface area contributed by atoms with Crippen LogP contribution in [0.5, 0.6) is 23.0 Å². The molecule has 0 aliphatic carbocycles. The Hall–Kier alpha value is -2.95. The molecule has 0 spiro atoms. The molecular formula is C19H18O5. The van der Waals surface area contributed by atoms with Gasteiger partial charge in [0.1, 0.15) is 29.6 Å². The molecule has 3 rings (SSSR count). The van der Waals surface area contributed by atoms with Gasteiger partial charge in [0, 0.05) is 17.2 Å². The van der Waals surface area contributed by atoms with Gasteiger partial charge in [-0.25, -0.2) is 0 Å². The smallest absolute Gasteiger partial charge is 0.196 e. The summed E-state index contributed by atoms with van der Waals surface area (Å²) in [5.74, 6) is 2.43. The average Bonchev–Trinajstić information content (AvgIpc) is 2.64. The number of hydrogen-bond acceptors (Lipinski definition) is 5. The molecule has 0 radical (unpaired) electrons. The Bertz CT molecular complexity index is 807. The van der Waals surface area contributed by atoms with Crippen LogP contribution < -0.4 is 18.9 Å². The van der Waals surface area contributed by atoms with E-state index in [0.29, 0.717) is 34.1 Å². The van der Waals surface area contributed by atoms with E-state index in [9.17, 15) is 4.79 Å². The number of rotatable bonds is 4. The summed E-state index contributed by atoms with van der Waals surface area (Å²) in [5, 5.41) is 0. The standard InChI is InChI=1S/C19H18O5/c1-21-14-6-7-17-16(9-14)19(20)13(11-24-17)8-12-4-5-15(22-2)10-18(12)23-3/h4-10H,11H2,1-3H3/b13-8+. The Morgan fingerprint density at radius 3 is 2.38 bits per heavy atom. The van der Waals surface area contributed by atoms with E-state index in [2.05, 4.69) is 0 Å². The minimum Gasteiger partial charge on any atom is -0.497 e. The molecule has 1 aliphatic heterocycles. The van der Waals surface area contributed by atoms with Gasteiger partial charge < -0.3 is 18.9 Å². The van der Waals surface area contributed by atoms with Crippen LogP contribution in [0, 0.1) is 0 Å². The minimum absolute atomic E-state index is 0.0759. The van der Waals surface area contributed by atoms with Crippen molar-refractivity contribution in [1.29, 1.82) is 0 Å². The second kappa shape index (κ2) is 6.66. The molecule has 0 saturated carbocycles. The van der Waals surface area contributed by atoms with Crippen molar-refractivity contribution in [3.05, 3.63) is 53.1 Å². The molecule has 24 heavy (non-hydrogen) atoms. The fourth-order valence-corrected chi connectivity index (χ4v) is 2.57. The summed E-state index contributed by atoms with van der Waals surface area (Å²) in [6.07, 6.45) is 1.78.